The molecule has 4 nitrogen and oxygen atoms in total. The zero-order chi connectivity index (χ0) is 15.3. The van der Waals surface area contributed by atoms with Gasteiger partial charge in [0.1, 0.15) is 17.1 Å². The Morgan fingerprint density at radius 1 is 1.35 bits per heavy atom. The molecule has 0 saturated heterocycles. The van der Waals surface area contributed by atoms with E-state index in [2.05, 4.69) is 20.7 Å². The Bertz CT molecular complexity index is 505. The van der Waals surface area contributed by atoms with Gasteiger partial charge in [-0.1, -0.05) is 22.0 Å². The molecule has 0 spiro atoms. The number of hydrogen-bond donors (Lipinski definition) is 0. The number of ether oxygens (including phenoxy) is 2. The maximum Gasteiger partial charge on any atom is 0.387 e. The predicted molar refractivity (Wildman–Crippen MR) is 71.4 cm³/mol. The van der Waals surface area contributed by atoms with Crippen molar-refractivity contribution in [1.82, 2.24) is 0 Å². The third-order valence-electron chi connectivity index (χ3n) is 2.36. The SMILES string of the molecule is CCOC(=O)c1cc(C(Br)C(C)=O)ccc1OC(F)F. The molecule has 0 bridgehead atoms. The first-order valence-electron chi connectivity index (χ1n) is 5.77. The maximum absolute atomic E-state index is 12.3. The van der Waals surface area contributed by atoms with Crippen molar-refractivity contribution in [3.63, 3.8) is 0 Å². The van der Waals surface area contributed by atoms with Gasteiger partial charge in [-0.2, -0.15) is 8.78 Å². The maximum atomic E-state index is 12.3. The van der Waals surface area contributed by atoms with E-state index in [1.165, 1.54) is 25.1 Å². The van der Waals surface area contributed by atoms with E-state index in [0.717, 1.165) is 0 Å². The van der Waals surface area contributed by atoms with E-state index in [0.29, 0.717) is 5.56 Å². The number of esters is 1. The van der Waals surface area contributed by atoms with Crippen LogP contribution < -0.4 is 4.74 Å². The summed E-state index contributed by atoms with van der Waals surface area (Å²) >= 11 is 3.16. The van der Waals surface area contributed by atoms with Crippen molar-refractivity contribution >= 4 is 27.7 Å². The minimum absolute atomic E-state index is 0.0988. The van der Waals surface area contributed by atoms with Crippen molar-refractivity contribution in [3.8, 4) is 5.75 Å². The summed E-state index contributed by atoms with van der Waals surface area (Å²) in [5, 5.41) is 0. The monoisotopic (exact) mass is 350 g/mol. The fraction of sp³-hybridized carbons (Fsp3) is 0.385. The average Bonchev–Trinajstić information content (AvgIpc) is 2.37. The second kappa shape index (κ2) is 7.33. The fourth-order valence-corrected chi connectivity index (χ4v) is 1.79. The Hall–Kier alpha value is -1.50. The summed E-state index contributed by atoms with van der Waals surface area (Å²) in [6.45, 7) is 0.00833. The lowest BCUT2D eigenvalue weighted by atomic mass is 10.1. The van der Waals surface area contributed by atoms with Gasteiger partial charge in [-0.15, -0.1) is 0 Å². The van der Waals surface area contributed by atoms with Gasteiger partial charge in [0, 0.05) is 0 Å². The number of halogens is 3. The number of Topliss-reactive ketones (excluding diaryl/α,β-unsaturated/α-hetero) is 1. The molecule has 0 fully saturated rings. The molecule has 1 aromatic rings. The van der Waals surface area contributed by atoms with E-state index >= 15 is 0 Å². The summed E-state index contributed by atoms with van der Waals surface area (Å²) in [6.07, 6.45) is 0. The third-order valence-corrected chi connectivity index (χ3v) is 3.54. The molecular weight excluding hydrogens is 338 g/mol. The van der Waals surface area contributed by atoms with Gasteiger partial charge in [0.2, 0.25) is 0 Å². The van der Waals surface area contributed by atoms with Crippen molar-refractivity contribution in [2.45, 2.75) is 25.3 Å². The van der Waals surface area contributed by atoms with Gasteiger partial charge in [-0.25, -0.2) is 4.79 Å². The van der Waals surface area contributed by atoms with E-state index in [1.807, 2.05) is 0 Å². The fourth-order valence-electron chi connectivity index (χ4n) is 1.51. The van der Waals surface area contributed by atoms with Crippen LogP contribution in [0.2, 0.25) is 0 Å². The molecule has 0 aliphatic rings. The second-order valence-electron chi connectivity index (χ2n) is 3.83. The van der Waals surface area contributed by atoms with Crippen LogP contribution in [0.1, 0.15) is 34.6 Å². The normalized spacial score (nSPS) is 12.1. The summed E-state index contributed by atoms with van der Waals surface area (Å²) in [6, 6.07) is 3.95. The predicted octanol–water partition coefficient (Wildman–Crippen LogP) is 3.49. The van der Waals surface area contributed by atoms with Crippen molar-refractivity contribution in [2.75, 3.05) is 6.61 Å². The molecule has 0 saturated carbocycles. The van der Waals surface area contributed by atoms with Gasteiger partial charge < -0.3 is 9.47 Å². The first-order chi connectivity index (χ1) is 9.36. The highest BCUT2D eigenvalue weighted by Crippen LogP contribution is 2.30. The number of rotatable bonds is 6. The summed E-state index contributed by atoms with van der Waals surface area (Å²) in [5.41, 5.74) is 0.317. The largest absolute Gasteiger partial charge is 0.462 e. The second-order valence-corrected chi connectivity index (χ2v) is 4.74. The molecule has 1 atom stereocenters. The molecule has 7 heteroatoms. The van der Waals surface area contributed by atoms with Crippen LogP contribution in [-0.4, -0.2) is 25.0 Å². The Labute approximate surface area is 123 Å². The lowest BCUT2D eigenvalue weighted by Crippen LogP contribution is -2.12. The summed E-state index contributed by atoms with van der Waals surface area (Å²) in [4.78, 5) is 22.4. The molecule has 1 aromatic carbocycles. The highest BCUT2D eigenvalue weighted by atomic mass is 79.9. The molecule has 0 aromatic heterocycles. The highest BCUT2D eigenvalue weighted by Gasteiger charge is 2.21. The van der Waals surface area contributed by atoms with E-state index in [4.69, 9.17) is 4.74 Å². The van der Waals surface area contributed by atoms with E-state index in [1.54, 1.807) is 6.92 Å². The summed E-state index contributed by atoms with van der Waals surface area (Å²) < 4.78 is 33.7. The first kappa shape index (κ1) is 16.6. The molecule has 0 aliphatic carbocycles. The van der Waals surface area contributed by atoms with Crippen LogP contribution in [-0.2, 0) is 9.53 Å². The van der Waals surface area contributed by atoms with Gasteiger partial charge in [-0.3, -0.25) is 4.79 Å². The number of carbonyl (C=O) groups is 2. The van der Waals surface area contributed by atoms with Crippen LogP contribution in [0.5, 0.6) is 5.75 Å². The Morgan fingerprint density at radius 3 is 2.50 bits per heavy atom. The van der Waals surface area contributed by atoms with Crippen LogP contribution in [0.4, 0.5) is 8.78 Å². The van der Waals surface area contributed by atoms with E-state index in [-0.39, 0.29) is 23.7 Å². The molecule has 0 N–H and O–H groups in total. The summed E-state index contributed by atoms with van der Waals surface area (Å²) in [5.74, 6) is -1.25. The van der Waals surface area contributed by atoms with Crippen LogP contribution in [0.25, 0.3) is 0 Å². The lowest BCUT2D eigenvalue weighted by molar-refractivity contribution is -0.116. The molecular formula is C13H13BrF2O4. The molecule has 0 aliphatic heterocycles. The van der Waals surface area contributed by atoms with Crippen molar-refractivity contribution in [3.05, 3.63) is 29.3 Å². The van der Waals surface area contributed by atoms with Crippen LogP contribution in [0, 0.1) is 0 Å². The lowest BCUT2D eigenvalue weighted by Gasteiger charge is -2.13. The van der Waals surface area contributed by atoms with Crippen LogP contribution >= 0.6 is 15.9 Å². The number of benzene rings is 1. The molecule has 110 valence electrons. The zero-order valence-electron chi connectivity index (χ0n) is 10.9. The molecule has 0 amide bonds. The van der Waals surface area contributed by atoms with Gasteiger partial charge in [0.15, 0.2) is 0 Å². The average molecular weight is 351 g/mol. The molecule has 0 heterocycles. The minimum atomic E-state index is -3.05. The number of ketones is 1. The van der Waals surface area contributed by atoms with Gasteiger partial charge in [-0.05, 0) is 31.5 Å². The van der Waals surface area contributed by atoms with E-state index in [9.17, 15) is 18.4 Å². The number of alkyl halides is 3. The zero-order valence-corrected chi connectivity index (χ0v) is 12.4. The third kappa shape index (κ3) is 4.26. The Balaban J connectivity index is 3.20. The van der Waals surface area contributed by atoms with Crippen LogP contribution in [0.15, 0.2) is 18.2 Å². The molecule has 0 radical (unpaired) electrons. The summed E-state index contributed by atoms with van der Waals surface area (Å²) in [7, 11) is 0. The van der Waals surface area contributed by atoms with Gasteiger partial charge >= 0.3 is 12.6 Å². The molecule has 1 unspecified atom stereocenters. The molecule has 20 heavy (non-hydrogen) atoms. The Morgan fingerprint density at radius 2 is 2.00 bits per heavy atom. The number of hydrogen-bond acceptors (Lipinski definition) is 4. The van der Waals surface area contributed by atoms with Gasteiger partial charge in [0.25, 0.3) is 0 Å². The van der Waals surface area contributed by atoms with Crippen molar-refractivity contribution in [2.24, 2.45) is 0 Å². The quantitative estimate of drug-likeness (QED) is 0.582. The topological polar surface area (TPSA) is 52.6 Å². The smallest absolute Gasteiger partial charge is 0.387 e. The molecule has 1 rings (SSSR count). The van der Waals surface area contributed by atoms with Crippen molar-refractivity contribution < 1.29 is 27.8 Å². The van der Waals surface area contributed by atoms with Crippen LogP contribution in [0.3, 0.4) is 0 Å². The highest BCUT2D eigenvalue weighted by molar-refractivity contribution is 9.09. The van der Waals surface area contributed by atoms with Gasteiger partial charge in [0.05, 0.1) is 11.4 Å². The standard InChI is InChI=1S/C13H13BrF2O4/c1-3-19-12(18)9-6-8(11(14)7(2)17)4-5-10(9)20-13(15)16/h4-6,11,13H,3H2,1-2H3. The van der Waals surface area contributed by atoms with E-state index < -0.39 is 17.4 Å². The van der Waals surface area contributed by atoms with Crippen molar-refractivity contribution in [1.29, 1.82) is 0 Å². The first-order valence-corrected chi connectivity index (χ1v) is 6.68. The minimum Gasteiger partial charge on any atom is -0.462 e. The Kier molecular flexibility index (Phi) is 6.06. The number of carbonyl (C=O) groups excluding carboxylic acids is 2.